The van der Waals surface area contributed by atoms with E-state index in [2.05, 4.69) is 0 Å². The number of methoxy groups -OCH3 is 1. The third-order valence-electron chi connectivity index (χ3n) is 15.7. The number of rotatable bonds is 15. The molecular weight excluding hydrogens is 1000 g/mol. The summed E-state index contributed by atoms with van der Waals surface area (Å²) in [5.74, 6) is -2.19. The lowest BCUT2D eigenvalue weighted by Gasteiger charge is -2.43. The van der Waals surface area contributed by atoms with Gasteiger partial charge in [0.25, 0.3) is 0 Å². The van der Waals surface area contributed by atoms with E-state index in [-0.39, 0.29) is 69.5 Å². The van der Waals surface area contributed by atoms with Gasteiger partial charge in [-0.25, -0.2) is 0 Å². The summed E-state index contributed by atoms with van der Waals surface area (Å²) in [6.07, 6.45) is -1.55. The van der Waals surface area contributed by atoms with Gasteiger partial charge < -0.3 is 83.9 Å². The number of aliphatic hydroxyl groups excluding tert-OH is 9. The Bertz CT molecular complexity index is 1830. The fourth-order valence-corrected chi connectivity index (χ4v) is 10.5. The Labute approximate surface area is 457 Å². The molecule has 0 aliphatic carbocycles. The summed E-state index contributed by atoms with van der Waals surface area (Å²) in [4.78, 5) is 26.5. The summed E-state index contributed by atoms with van der Waals surface area (Å²) in [7, 11) is 1.50. The number of hydrogen-bond acceptors (Lipinski definition) is 19. The van der Waals surface area contributed by atoms with E-state index in [9.17, 15) is 55.5 Å². The van der Waals surface area contributed by atoms with Gasteiger partial charge in [0.1, 0.15) is 24.4 Å². The zero-order chi connectivity index (χ0) is 57.1. The molecule has 444 valence electrons. The van der Waals surface area contributed by atoms with Gasteiger partial charge >= 0.3 is 5.97 Å². The average molecular weight is 1100 g/mol. The van der Waals surface area contributed by atoms with Crippen LogP contribution in [0, 0.1) is 23.7 Å². The van der Waals surface area contributed by atoms with Crippen molar-refractivity contribution in [1.29, 1.82) is 0 Å². The molecule has 3 fully saturated rings. The molecule has 0 aromatic carbocycles. The topological polar surface area (TPSA) is 290 Å². The van der Waals surface area contributed by atoms with Crippen LogP contribution < -0.4 is 0 Å². The molecule has 0 aromatic rings. The van der Waals surface area contributed by atoms with Crippen molar-refractivity contribution in [2.45, 2.75) is 275 Å². The molecule has 4 aliphatic heterocycles. The molecule has 9 N–H and O–H groups in total. The molecule has 77 heavy (non-hydrogen) atoms. The molecule has 23 atom stereocenters. The van der Waals surface area contributed by atoms with Crippen LogP contribution in [-0.4, -0.2) is 187 Å². The van der Waals surface area contributed by atoms with Crippen molar-refractivity contribution in [2.24, 2.45) is 23.7 Å². The quantitative estimate of drug-likeness (QED) is 0.0998. The van der Waals surface area contributed by atoms with Crippen molar-refractivity contribution in [3.05, 3.63) is 48.1 Å². The van der Waals surface area contributed by atoms with Gasteiger partial charge in [0.2, 0.25) is 0 Å². The Morgan fingerprint density at radius 1 is 0.675 bits per heavy atom. The normalized spacial score (nSPS) is 40.5. The van der Waals surface area contributed by atoms with Crippen LogP contribution in [0.25, 0.3) is 0 Å². The second-order valence-electron chi connectivity index (χ2n) is 22.8. The summed E-state index contributed by atoms with van der Waals surface area (Å²) < 4.78 is 48.3. The van der Waals surface area contributed by atoms with Crippen LogP contribution in [0.5, 0.6) is 0 Å². The highest BCUT2D eigenvalue weighted by Gasteiger charge is 2.44. The molecule has 19 nitrogen and oxygen atoms in total. The number of carbonyl (C=O) groups excluding carboxylic acids is 2. The molecule has 0 radical (unpaired) electrons. The number of aliphatic hydroxyl groups is 9. The van der Waals surface area contributed by atoms with Gasteiger partial charge in [-0.3, -0.25) is 9.59 Å². The monoisotopic (exact) mass is 1100 g/mol. The molecule has 0 amide bonds. The highest BCUT2D eigenvalue weighted by atomic mass is 16.7. The molecule has 19 heteroatoms. The van der Waals surface area contributed by atoms with Crippen molar-refractivity contribution in [3.63, 3.8) is 0 Å². The Balaban J connectivity index is 1.47. The van der Waals surface area contributed by atoms with Gasteiger partial charge in [-0.1, -0.05) is 90.0 Å². The van der Waals surface area contributed by atoms with Crippen LogP contribution in [0.4, 0.5) is 0 Å². The molecule has 0 aromatic heterocycles. The number of esters is 1. The minimum absolute atomic E-state index is 0.00494. The number of allylic oxidation sites excluding steroid dienone is 5. The van der Waals surface area contributed by atoms with Gasteiger partial charge in [-0.05, 0) is 64.9 Å². The molecule has 4 aliphatic rings. The first-order valence-corrected chi connectivity index (χ1v) is 28.4. The number of hydrogen-bond donors (Lipinski definition) is 9. The standard InChI is InChI=1S/C58H98O19/c1-32(2)24-48(76-54-31-50(58(69)39(9)73-54)77-52-29-46(64)56(67)37(7)71-52)36(6)55(66)35(5)45(63)28-47-34(4)18-14-11-12-15-19-40(59)25-43(74-53-30-49(70-10)57(68)38(8)72-53)26-42(61)23-22-33(3)44(62)27-41(60)20-16-13-17-21-51(65)75-47/h11-12,14-15,18-19,22,32,34-43,45-50,52-61,63-64,66-69H,13,16-17,20-21,23-31H2,1-10H3/b12-11-,18-14-,19-15-,33-22-/t34-,35-,36-,37+,38+,39+,40+,41+,42-,43+,45+,46+,47+,48-,49+,50+,52-,53-,54-,55+,56+,57+,58+/m0/s1. The predicted octanol–water partition coefficient (Wildman–Crippen LogP) is 4.77. The number of ether oxygens (including phenoxy) is 8. The number of cyclic esters (lactones) is 1. The number of Topliss-reactive ketones (excluding diaryl/α,β-unsaturated/α-hetero) is 1. The maximum Gasteiger partial charge on any atom is 0.306 e. The van der Waals surface area contributed by atoms with Crippen LogP contribution in [0.2, 0.25) is 0 Å². The summed E-state index contributed by atoms with van der Waals surface area (Å²) in [6, 6.07) is 0. The zero-order valence-electron chi connectivity index (χ0n) is 47.4. The third kappa shape index (κ3) is 22.4. The molecule has 3 saturated heterocycles. The summed E-state index contributed by atoms with van der Waals surface area (Å²) in [5.41, 5.74) is 0.404. The van der Waals surface area contributed by atoms with Crippen molar-refractivity contribution in [1.82, 2.24) is 0 Å². The van der Waals surface area contributed by atoms with E-state index >= 15 is 0 Å². The lowest BCUT2D eigenvalue weighted by Crippen LogP contribution is -2.54. The largest absolute Gasteiger partial charge is 0.462 e. The van der Waals surface area contributed by atoms with Crippen LogP contribution in [0.3, 0.4) is 0 Å². The average Bonchev–Trinajstić information content (AvgIpc) is 3.36. The highest BCUT2D eigenvalue weighted by molar-refractivity contribution is 5.95. The fraction of sp³-hybridized carbons (Fsp3) is 0.828. The van der Waals surface area contributed by atoms with Crippen LogP contribution in [0.1, 0.15) is 152 Å². The second-order valence-corrected chi connectivity index (χ2v) is 22.8. The van der Waals surface area contributed by atoms with Crippen LogP contribution >= 0.6 is 0 Å². The first-order chi connectivity index (χ1) is 36.4. The first kappa shape index (κ1) is 67.0. The van der Waals surface area contributed by atoms with Crippen LogP contribution in [0.15, 0.2) is 48.1 Å². The van der Waals surface area contributed by atoms with Gasteiger partial charge in [0.05, 0.1) is 79.4 Å². The molecule has 0 saturated carbocycles. The van der Waals surface area contributed by atoms with Gasteiger partial charge in [0.15, 0.2) is 24.7 Å². The molecule has 4 rings (SSSR count). The second kappa shape index (κ2) is 33.4. The fourth-order valence-electron chi connectivity index (χ4n) is 10.5. The highest BCUT2D eigenvalue weighted by Crippen LogP contribution is 2.34. The molecule has 4 heterocycles. The molecular formula is C58H98O19. The molecule has 0 bridgehead atoms. The Morgan fingerprint density at radius 2 is 1.29 bits per heavy atom. The van der Waals surface area contributed by atoms with E-state index in [1.54, 1.807) is 71.1 Å². The van der Waals surface area contributed by atoms with Crippen molar-refractivity contribution < 1.29 is 93.4 Å². The zero-order valence-corrected chi connectivity index (χ0v) is 47.4. The predicted molar refractivity (Wildman–Crippen MR) is 286 cm³/mol. The van der Waals surface area contributed by atoms with E-state index in [1.165, 1.54) is 7.11 Å². The van der Waals surface area contributed by atoms with E-state index in [0.717, 1.165) is 0 Å². The lowest BCUT2D eigenvalue weighted by molar-refractivity contribution is -0.314. The number of ketones is 1. The minimum Gasteiger partial charge on any atom is -0.462 e. The van der Waals surface area contributed by atoms with Crippen molar-refractivity contribution >= 4 is 11.8 Å². The smallest absolute Gasteiger partial charge is 0.306 e. The van der Waals surface area contributed by atoms with Gasteiger partial charge in [-0.2, -0.15) is 0 Å². The van der Waals surface area contributed by atoms with E-state index in [0.29, 0.717) is 37.7 Å². The summed E-state index contributed by atoms with van der Waals surface area (Å²) >= 11 is 0. The lowest BCUT2D eigenvalue weighted by atomic mass is 9.81. The minimum atomic E-state index is -1.12. The first-order valence-electron chi connectivity index (χ1n) is 28.4. The van der Waals surface area contributed by atoms with E-state index < -0.39 is 146 Å². The van der Waals surface area contributed by atoms with E-state index in [1.807, 2.05) is 33.8 Å². The maximum atomic E-state index is 13.4. The van der Waals surface area contributed by atoms with Crippen LogP contribution in [-0.2, 0) is 47.5 Å². The van der Waals surface area contributed by atoms with E-state index in [4.69, 9.17) is 37.9 Å². The number of carbonyl (C=O) groups is 2. The van der Waals surface area contributed by atoms with Crippen molar-refractivity contribution in [3.8, 4) is 0 Å². The Kier molecular flexibility index (Phi) is 29.0. The third-order valence-corrected chi connectivity index (χ3v) is 15.7. The Morgan fingerprint density at radius 3 is 1.94 bits per heavy atom. The van der Waals surface area contributed by atoms with Crippen molar-refractivity contribution in [2.75, 3.05) is 7.11 Å². The van der Waals surface area contributed by atoms with Gasteiger partial charge in [-0.15, -0.1) is 0 Å². The molecule has 0 unspecified atom stereocenters. The summed E-state index contributed by atoms with van der Waals surface area (Å²) in [6.45, 7) is 16.2. The maximum absolute atomic E-state index is 13.4. The molecule has 0 spiro atoms. The SMILES string of the molecule is CO[C@@H]1C[C@H](O[C@H]2C[C@@H](O)C/C=C(/C)C(=O)C[C@H](O)CCCCCC(=O)O[C@H](C[C@@H](O)[C@H](C)[C@@H](O)[C@@H](C)[C@H](CC(C)C)O[C@H]3C[C@@H](O[C@H]4C[C@@H](O)[C@H](O)[C@@H](C)O4)[C@H](O)[C@@H](C)O3)[C@@H](C)\C=C/C=C\C=C/[C@@H](O)C2)O[C@H](C)[C@H]1O. The van der Waals surface area contributed by atoms with Gasteiger partial charge in [0, 0.05) is 76.2 Å². The Hall–Kier alpha value is -2.54. The summed E-state index contributed by atoms with van der Waals surface area (Å²) in [5, 5.41) is 98.8.